The van der Waals surface area contributed by atoms with Crippen LogP contribution in [0.2, 0.25) is 0 Å². The molecule has 2 N–H and O–H groups in total. The fourth-order valence-corrected chi connectivity index (χ4v) is 5.19. The highest BCUT2D eigenvalue weighted by Gasteiger charge is 2.21. The molecular formula is C26H27N3O3S. The van der Waals surface area contributed by atoms with Gasteiger partial charge in [-0.3, -0.25) is 9.89 Å². The number of methoxy groups -OCH3 is 1. The highest BCUT2D eigenvalue weighted by atomic mass is 32.1. The Morgan fingerprint density at radius 3 is 2.70 bits per heavy atom. The number of ether oxygens (including phenoxy) is 1. The predicted octanol–water partition coefficient (Wildman–Crippen LogP) is 4.75. The van der Waals surface area contributed by atoms with Crippen molar-refractivity contribution < 1.29 is 14.6 Å². The van der Waals surface area contributed by atoms with Crippen molar-refractivity contribution in [2.45, 2.75) is 31.5 Å². The molecule has 1 unspecified atom stereocenters. The van der Waals surface area contributed by atoms with Crippen molar-refractivity contribution in [3.63, 3.8) is 0 Å². The number of aliphatic hydroxyl groups is 1. The lowest BCUT2D eigenvalue weighted by molar-refractivity contribution is -0.128. The number of carbonyl (C=O) groups is 1. The minimum Gasteiger partial charge on any atom is -0.393 e. The topological polar surface area (TPSA) is 78.5 Å². The van der Waals surface area contributed by atoms with Gasteiger partial charge >= 0.3 is 0 Å². The van der Waals surface area contributed by atoms with Crippen LogP contribution in [0.25, 0.3) is 22.2 Å². The highest BCUT2D eigenvalue weighted by Crippen LogP contribution is 2.30. The summed E-state index contributed by atoms with van der Waals surface area (Å²) in [6.45, 7) is 1.74. The van der Waals surface area contributed by atoms with E-state index in [-0.39, 0.29) is 11.9 Å². The number of Topliss-reactive ketones (excluding diaryl/α,β-unsaturated/α-hetero) is 1. The van der Waals surface area contributed by atoms with Gasteiger partial charge in [0.05, 0.1) is 17.3 Å². The largest absolute Gasteiger partial charge is 0.393 e. The molecule has 0 radical (unpaired) electrons. The molecule has 3 heterocycles. The van der Waals surface area contributed by atoms with Gasteiger partial charge in [-0.1, -0.05) is 18.2 Å². The van der Waals surface area contributed by atoms with E-state index in [0.29, 0.717) is 6.42 Å². The summed E-state index contributed by atoms with van der Waals surface area (Å²) in [5.41, 5.74) is 5.85. The van der Waals surface area contributed by atoms with E-state index >= 15 is 0 Å². The number of aromatic nitrogens is 2. The number of hydrogen-bond donors (Lipinski definition) is 2. The molecule has 0 amide bonds. The fraction of sp³-hybridized carbons (Fsp3) is 0.308. The van der Waals surface area contributed by atoms with Crippen LogP contribution in [-0.2, 0) is 16.0 Å². The number of nitrogens with zero attached hydrogens (tertiary/aromatic N) is 2. The van der Waals surface area contributed by atoms with Crippen molar-refractivity contribution in [3.8, 4) is 11.3 Å². The van der Waals surface area contributed by atoms with Crippen LogP contribution in [0.1, 0.15) is 30.1 Å². The van der Waals surface area contributed by atoms with Gasteiger partial charge in [0.15, 0.2) is 5.78 Å². The number of thiophene rings is 1. The number of aliphatic hydroxyl groups excluding tert-OH is 1. The van der Waals surface area contributed by atoms with E-state index in [9.17, 15) is 9.90 Å². The van der Waals surface area contributed by atoms with Crippen LogP contribution in [0.3, 0.4) is 0 Å². The average Bonchev–Trinajstić information content (AvgIpc) is 3.50. The van der Waals surface area contributed by atoms with Crippen LogP contribution in [0.15, 0.2) is 59.3 Å². The van der Waals surface area contributed by atoms with Gasteiger partial charge in [0, 0.05) is 43.3 Å². The van der Waals surface area contributed by atoms with Gasteiger partial charge in [-0.25, -0.2) is 0 Å². The first kappa shape index (κ1) is 21.8. The number of benzene rings is 2. The molecule has 6 nitrogen and oxygen atoms in total. The Kier molecular flexibility index (Phi) is 6.26. The van der Waals surface area contributed by atoms with Crippen molar-refractivity contribution in [1.29, 1.82) is 0 Å². The van der Waals surface area contributed by atoms with Gasteiger partial charge in [-0.15, -0.1) is 0 Å². The minimum atomic E-state index is -0.542. The molecule has 0 bridgehead atoms. The van der Waals surface area contributed by atoms with E-state index in [1.165, 1.54) is 0 Å². The molecule has 1 atom stereocenters. The van der Waals surface area contributed by atoms with Gasteiger partial charge < -0.3 is 14.7 Å². The molecule has 4 aromatic rings. The number of hydrogen-bond acceptors (Lipinski definition) is 6. The minimum absolute atomic E-state index is 0.0382. The summed E-state index contributed by atoms with van der Waals surface area (Å²) in [7, 11) is 1.58. The third kappa shape index (κ3) is 4.57. The first-order valence-corrected chi connectivity index (χ1v) is 12.1. The Balaban J connectivity index is 1.37. The first-order valence-electron chi connectivity index (χ1n) is 11.2. The summed E-state index contributed by atoms with van der Waals surface area (Å²) in [6.07, 6.45) is 1.20. The molecule has 33 heavy (non-hydrogen) atoms. The summed E-state index contributed by atoms with van der Waals surface area (Å²) in [5.74, 6) is 0.0382. The van der Waals surface area contributed by atoms with E-state index in [4.69, 9.17) is 4.74 Å². The molecule has 170 valence electrons. The fourth-order valence-electron chi connectivity index (χ4n) is 4.52. The molecule has 7 heteroatoms. The summed E-state index contributed by atoms with van der Waals surface area (Å²) in [6, 6.07) is 16.3. The third-order valence-corrected chi connectivity index (χ3v) is 7.05. The second-order valence-electron chi connectivity index (χ2n) is 8.53. The van der Waals surface area contributed by atoms with Gasteiger partial charge in [0.25, 0.3) is 0 Å². The Labute approximate surface area is 196 Å². The molecule has 0 aliphatic carbocycles. The van der Waals surface area contributed by atoms with E-state index in [0.717, 1.165) is 64.9 Å². The van der Waals surface area contributed by atoms with Gasteiger partial charge in [0.1, 0.15) is 6.10 Å². The monoisotopic (exact) mass is 461 g/mol. The van der Waals surface area contributed by atoms with E-state index < -0.39 is 6.10 Å². The molecule has 1 saturated heterocycles. The molecule has 1 aliphatic rings. The van der Waals surface area contributed by atoms with Crippen LogP contribution in [0, 0.1) is 0 Å². The van der Waals surface area contributed by atoms with Crippen LogP contribution in [0.5, 0.6) is 0 Å². The van der Waals surface area contributed by atoms with E-state index in [2.05, 4.69) is 39.4 Å². The molecular weight excluding hydrogens is 434 g/mol. The second-order valence-corrected chi connectivity index (χ2v) is 9.31. The predicted molar refractivity (Wildman–Crippen MR) is 132 cm³/mol. The second kappa shape index (κ2) is 9.47. The number of rotatable bonds is 7. The lowest BCUT2D eigenvalue weighted by Gasteiger charge is -2.31. The summed E-state index contributed by atoms with van der Waals surface area (Å²) in [5, 5.41) is 22.3. The maximum absolute atomic E-state index is 12.9. The third-order valence-electron chi connectivity index (χ3n) is 6.35. The number of carbonyl (C=O) groups excluding carboxylic acids is 1. The Hall–Kier alpha value is -3.00. The zero-order chi connectivity index (χ0) is 22.8. The SMILES string of the molecule is COC(C(=O)Cc1ccc2[nH]nc(-c3ccc(N4CCC(O)CC4)cc3)c2c1)c1ccsc1. The Morgan fingerprint density at radius 2 is 2.00 bits per heavy atom. The van der Waals surface area contributed by atoms with Crippen molar-refractivity contribution in [3.05, 3.63) is 70.4 Å². The number of anilines is 1. The van der Waals surface area contributed by atoms with E-state index in [1.54, 1.807) is 18.4 Å². The van der Waals surface area contributed by atoms with Crippen molar-refractivity contribution in [2.24, 2.45) is 0 Å². The molecule has 1 aliphatic heterocycles. The summed E-state index contributed by atoms with van der Waals surface area (Å²) < 4.78 is 5.48. The molecule has 2 aromatic heterocycles. The standard InChI is InChI=1S/C26H27N3O3S/c1-32-26(19-10-13-33-16-19)24(31)15-17-2-7-23-22(14-17)25(28-27-23)18-3-5-20(6-4-18)29-11-8-21(30)9-12-29/h2-7,10,13-14,16,21,26,30H,8-9,11-12,15H2,1H3,(H,27,28). The quantitative estimate of drug-likeness (QED) is 0.415. The number of H-pyrrole nitrogens is 1. The van der Waals surface area contributed by atoms with Crippen molar-refractivity contribution >= 4 is 33.7 Å². The zero-order valence-electron chi connectivity index (χ0n) is 18.5. The summed E-state index contributed by atoms with van der Waals surface area (Å²) >= 11 is 1.56. The maximum atomic E-state index is 12.9. The summed E-state index contributed by atoms with van der Waals surface area (Å²) in [4.78, 5) is 15.2. The first-order chi connectivity index (χ1) is 16.1. The van der Waals surface area contributed by atoms with Crippen LogP contribution in [-0.4, -0.2) is 47.4 Å². The van der Waals surface area contributed by atoms with Gasteiger partial charge in [-0.2, -0.15) is 16.4 Å². The van der Waals surface area contributed by atoms with Crippen LogP contribution >= 0.6 is 11.3 Å². The van der Waals surface area contributed by atoms with Gasteiger partial charge in [-0.05, 0) is 65.1 Å². The molecule has 2 aromatic carbocycles. The molecule has 0 saturated carbocycles. The van der Waals surface area contributed by atoms with Crippen LogP contribution < -0.4 is 4.90 Å². The smallest absolute Gasteiger partial charge is 0.170 e. The highest BCUT2D eigenvalue weighted by molar-refractivity contribution is 7.08. The molecule has 5 rings (SSSR count). The lowest BCUT2D eigenvalue weighted by atomic mass is 9.99. The van der Waals surface area contributed by atoms with Gasteiger partial charge in [0.2, 0.25) is 0 Å². The maximum Gasteiger partial charge on any atom is 0.170 e. The number of aromatic amines is 1. The van der Waals surface area contributed by atoms with Crippen molar-refractivity contribution in [1.82, 2.24) is 10.2 Å². The number of fused-ring (bicyclic) bond motifs is 1. The van der Waals surface area contributed by atoms with E-state index in [1.807, 2.05) is 35.0 Å². The lowest BCUT2D eigenvalue weighted by Crippen LogP contribution is -2.35. The number of piperidine rings is 1. The zero-order valence-corrected chi connectivity index (χ0v) is 19.3. The molecule has 1 fully saturated rings. The Morgan fingerprint density at radius 1 is 1.21 bits per heavy atom. The number of nitrogens with one attached hydrogen (secondary N) is 1. The Bertz CT molecular complexity index is 1230. The van der Waals surface area contributed by atoms with Crippen molar-refractivity contribution in [2.75, 3.05) is 25.1 Å². The normalized spacial score (nSPS) is 15.8. The molecule has 0 spiro atoms. The number of ketones is 1. The van der Waals surface area contributed by atoms with Crippen LogP contribution in [0.4, 0.5) is 5.69 Å². The average molecular weight is 462 g/mol.